The normalized spacial score (nSPS) is 30.6. The summed E-state index contributed by atoms with van der Waals surface area (Å²) in [4.78, 5) is 2.41. The largest absolute Gasteiger partial charge is 0.487 e. The number of hydrogen-bond acceptors (Lipinski definition) is 3. The van der Waals surface area contributed by atoms with Gasteiger partial charge in [-0.15, -0.1) is 0 Å². The highest BCUT2D eigenvalue weighted by Gasteiger charge is 2.41. The fraction of sp³-hybridized carbons (Fsp3) is 0.625. The van der Waals surface area contributed by atoms with Crippen LogP contribution in [0.25, 0.3) is 0 Å². The van der Waals surface area contributed by atoms with Gasteiger partial charge in [-0.2, -0.15) is 0 Å². The van der Waals surface area contributed by atoms with Crippen molar-refractivity contribution in [1.29, 1.82) is 0 Å². The van der Waals surface area contributed by atoms with Crippen molar-refractivity contribution in [1.82, 2.24) is 4.90 Å². The van der Waals surface area contributed by atoms with E-state index in [1.807, 2.05) is 0 Å². The molecular weight excluding hydrogens is 257 g/mol. The van der Waals surface area contributed by atoms with Crippen LogP contribution < -0.4 is 4.74 Å². The minimum absolute atomic E-state index is 0.309. The zero-order chi connectivity index (χ0) is 14.2. The van der Waals surface area contributed by atoms with Crippen LogP contribution in [0.4, 0.5) is 4.39 Å². The van der Waals surface area contributed by atoms with Crippen LogP contribution in [-0.2, 0) is 0 Å². The van der Waals surface area contributed by atoms with Gasteiger partial charge in [-0.1, -0.05) is 6.92 Å². The number of rotatable bonds is 1. The molecule has 20 heavy (non-hydrogen) atoms. The number of fused-ring (bicyclic) bond motifs is 1. The summed E-state index contributed by atoms with van der Waals surface area (Å²) in [5, 5.41) is 10.4. The van der Waals surface area contributed by atoms with Crippen LogP contribution in [0.15, 0.2) is 18.2 Å². The SMILES string of the molecule is CCN1CCCC2(CC1)CC(O)c1ccc(F)cc1O2. The van der Waals surface area contributed by atoms with Crippen LogP contribution in [0, 0.1) is 5.82 Å². The molecule has 3 nitrogen and oxygen atoms in total. The molecule has 4 heteroatoms. The van der Waals surface area contributed by atoms with E-state index in [2.05, 4.69) is 11.8 Å². The van der Waals surface area contributed by atoms with Gasteiger partial charge in [0.05, 0.1) is 6.10 Å². The fourth-order valence-corrected chi connectivity index (χ4v) is 3.46. The summed E-state index contributed by atoms with van der Waals surface area (Å²) in [7, 11) is 0. The average molecular weight is 279 g/mol. The highest BCUT2D eigenvalue weighted by molar-refractivity contribution is 5.38. The predicted octanol–water partition coefficient (Wildman–Crippen LogP) is 2.89. The molecule has 3 rings (SSSR count). The van der Waals surface area contributed by atoms with Crippen molar-refractivity contribution >= 4 is 0 Å². The van der Waals surface area contributed by atoms with Crippen molar-refractivity contribution in [2.75, 3.05) is 19.6 Å². The lowest BCUT2D eigenvalue weighted by atomic mass is 9.83. The monoisotopic (exact) mass is 279 g/mol. The van der Waals surface area contributed by atoms with E-state index in [1.165, 1.54) is 12.1 Å². The molecule has 0 aliphatic carbocycles. The Morgan fingerprint density at radius 1 is 1.40 bits per heavy atom. The Bertz CT molecular complexity index is 493. The first kappa shape index (κ1) is 13.8. The van der Waals surface area contributed by atoms with Gasteiger partial charge < -0.3 is 14.7 Å². The van der Waals surface area contributed by atoms with Gasteiger partial charge in [0.1, 0.15) is 17.2 Å². The molecule has 0 bridgehead atoms. The van der Waals surface area contributed by atoms with Gasteiger partial charge in [0.15, 0.2) is 0 Å². The van der Waals surface area contributed by atoms with E-state index in [-0.39, 0.29) is 11.4 Å². The molecule has 0 aromatic heterocycles. The van der Waals surface area contributed by atoms with Crippen LogP contribution >= 0.6 is 0 Å². The lowest BCUT2D eigenvalue weighted by Crippen LogP contribution is -2.42. The lowest BCUT2D eigenvalue weighted by Gasteiger charge is -2.40. The van der Waals surface area contributed by atoms with Crippen molar-refractivity contribution in [2.24, 2.45) is 0 Å². The van der Waals surface area contributed by atoms with E-state index in [0.717, 1.165) is 38.9 Å². The summed E-state index contributed by atoms with van der Waals surface area (Å²) < 4.78 is 19.6. The third-order valence-corrected chi connectivity index (χ3v) is 4.66. The Balaban J connectivity index is 1.86. The molecule has 1 saturated heterocycles. The van der Waals surface area contributed by atoms with Crippen molar-refractivity contribution in [3.05, 3.63) is 29.6 Å². The highest BCUT2D eigenvalue weighted by atomic mass is 19.1. The third kappa shape index (κ3) is 2.54. The Hall–Kier alpha value is -1.13. The summed E-state index contributed by atoms with van der Waals surface area (Å²) in [5.41, 5.74) is 0.387. The summed E-state index contributed by atoms with van der Waals surface area (Å²) in [6.07, 6.45) is 2.95. The number of likely N-dealkylation sites (tertiary alicyclic amines) is 1. The van der Waals surface area contributed by atoms with Crippen molar-refractivity contribution in [3.63, 3.8) is 0 Å². The summed E-state index contributed by atoms with van der Waals surface area (Å²) >= 11 is 0. The van der Waals surface area contributed by atoms with Gasteiger partial charge in [0, 0.05) is 24.6 Å². The maximum Gasteiger partial charge on any atom is 0.128 e. The molecule has 2 aliphatic heterocycles. The number of aliphatic hydroxyl groups is 1. The molecule has 1 fully saturated rings. The van der Waals surface area contributed by atoms with E-state index in [0.29, 0.717) is 17.7 Å². The van der Waals surface area contributed by atoms with Crippen LogP contribution in [0.3, 0.4) is 0 Å². The molecule has 1 N–H and O–H groups in total. The molecule has 0 saturated carbocycles. The van der Waals surface area contributed by atoms with Gasteiger partial charge in [0.25, 0.3) is 0 Å². The quantitative estimate of drug-likeness (QED) is 0.858. The first-order chi connectivity index (χ1) is 9.62. The van der Waals surface area contributed by atoms with Crippen molar-refractivity contribution < 1.29 is 14.2 Å². The number of nitrogens with zero attached hydrogens (tertiary/aromatic N) is 1. The molecule has 0 radical (unpaired) electrons. The number of benzene rings is 1. The molecular formula is C16H22FNO2. The molecule has 0 amide bonds. The van der Waals surface area contributed by atoms with E-state index in [9.17, 15) is 9.50 Å². The molecule has 1 aromatic carbocycles. The second kappa shape index (κ2) is 5.34. The zero-order valence-corrected chi connectivity index (χ0v) is 11.9. The maximum atomic E-state index is 13.4. The van der Waals surface area contributed by atoms with E-state index >= 15 is 0 Å². The smallest absolute Gasteiger partial charge is 0.128 e. The zero-order valence-electron chi connectivity index (χ0n) is 11.9. The molecule has 2 aliphatic rings. The predicted molar refractivity (Wildman–Crippen MR) is 75.3 cm³/mol. The fourth-order valence-electron chi connectivity index (χ4n) is 3.46. The summed E-state index contributed by atoms with van der Waals surface area (Å²) in [6.45, 7) is 5.27. The molecule has 2 atom stereocenters. The van der Waals surface area contributed by atoms with Crippen LogP contribution in [-0.4, -0.2) is 35.2 Å². The highest BCUT2D eigenvalue weighted by Crippen LogP contribution is 2.44. The van der Waals surface area contributed by atoms with Crippen LogP contribution in [0.5, 0.6) is 5.75 Å². The molecule has 2 unspecified atom stereocenters. The van der Waals surface area contributed by atoms with E-state index in [4.69, 9.17) is 4.74 Å². The van der Waals surface area contributed by atoms with Crippen LogP contribution in [0.2, 0.25) is 0 Å². The minimum Gasteiger partial charge on any atom is -0.487 e. The van der Waals surface area contributed by atoms with Gasteiger partial charge in [-0.25, -0.2) is 4.39 Å². The summed E-state index contributed by atoms with van der Waals surface area (Å²) in [5.74, 6) is 0.213. The van der Waals surface area contributed by atoms with Gasteiger partial charge in [0.2, 0.25) is 0 Å². The standard InChI is InChI=1S/C16H22FNO2/c1-2-18-8-3-6-16(7-9-18)11-14(19)13-5-4-12(17)10-15(13)20-16/h4-5,10,14,19H,2-3,6-9,11H2,1H3. The summed E-state index contributed by atoms with van der Waals surface area (Å²) in [6, 6.07) is 4.43. The number of hydrogen-bond donors (Lipinski definition) is 1. The van der Waals surface area contributed by atoms with Crippen LogP contribution in [0.1, 0.15) is 44.3 Å². The Morgan fingerprint density at radius 2 is 2.25 bits per heavy atom. The van der Waals surface area contributed by atoms with Gasteiger partial charge in [-0.05, 0) is 44.5 Å². The molecule has 1 spiro atoms. The molecule has 110 valence electrons. The van der Waals surface area contributed by atoms with Gasteiger partial charge >= 0.3 is 0 Å². The first-order valence-corrected chi connectivity index (χ1v) is 7.51. The molecule has 1 aromatic rings. The Kier molecular flexibility index (Phi) is 3.69. The van der Waals surface area contributed by atoms with Crippen molar-refractivity contribution in [3.8, 4) is 5.75 Å². The topological polar surface area (TPSA) is 32.7 Å². The average Bonchev–Trinajstić information content (AvgIpc) is 2.60. The van der Waals surface area contributed by atoms with E-state index < -0.39 is 6.10 Å². The Morgan fingerprint density at radius 3 is 3.05 bits per heavy atom. The van der Waals surface area contributed by atoms with Crippen molar-refractivity contribution in [2.45, 2.75) is 44.3 Å². The van der Waals surface area contributed by atoms with E-state index in [1.54, 1.807) is 6.07 Å². The Labute approximate surface area is 119 Å². The number of ether oxygens (including phenoxy) is 1. The lowest BCUT2D eigenvalue weighted by molar-refractivity contribution is -0.0240. The molecule has 2 heterocycles. The number of aliphatic hydroxyl groups excluding tert-OH is 1. The third-order valence-electron chi connectivity index (χ3n) is 4.66. The maximum absolute atomic E-state index is 13.4. The first-order valence-electron chi connectivity index (χ1n) is 7.51. The minimum atomic E-state index is -0.549. The van der Waals surface area contributed by atoms with Gasteiger partial charge in [-0.3, -0.25) is 0 Å². The second-order valence-electron chi connectivity index (χ2n) is 5.97. The second-order valence-corrected chi connectivity index (χ2v) is 5.97. The number of halogens is 1.